The van der Waals surface area contributed by atoms with E-state index in [1.54, 1.807) is 6.07 Å². The van der Waals surface area contributed by atoms with Gasteiger partial charge in [0.25, 0.3) is 0 Å². The zero-order chi connectivity index (χ0) is 11.4. The van der Waals surface area contributed by atoms with Crippen molar-refractivity contribution in [1.29, 1.82) is 0 Å². The number of aliphatic hydroxyl groups excluding tert-OH is 3. The summed E-state index contributed by atoms with van der Waals surface area (Å²) in [6.45, 7) is -0.195. The van der Waals surface area contributed by atoms with Crippen molar-refractivity contribution < 1.29 is 15.3 Å². The SMILES string of the molecule is Nc1ncc(Br)cc1C(O)C(O)CCO. The molecule has 0 aromatic carbocycles. The first kappa shape index (κ1) is 12.4. The van der Waals surface area contributed by atoms with Crippen molar-refractivity contribution in [1.82, 2.24) is 4.98 Å². The fourth-order valence-electron chi connectivity index (χ4n) is 1.20. The Kier molecular flexibility index (Phi) is 4.46. The Hall–Kier alpha value is -0.690. The van der Waals surface area contributed by atoms with Crippen LogP contribution >= 0.6 is 15.9 Å². The normalized spacial score (nSPS) is 14.9. The highest BCUT2D eigenvalue weighted by molar-refractivity contribution is 9.10. The highest BCUT2D eigenvalue weighted by Crippen LogP contribution is 2.25. The van der Waals surface area contributed by atoms with E-state index in [4.69, 9.17) is 10.8 Å². The first-order valence-corrected chi connectivity index (χ1v) is 5.23. The molecular weight excluding hydrogens is 264 g/mol. The van der Waals surface area contributed by atoms with Crippen molar-refractivity contribution in [3.05, 3.63) is 22.3 Å². The van der Waals surface area contributed by atoms with Gasteiger partial charge in [0.1, 0.15) is 11.9 Å². The smallest absolute Gasteiger partial charge is 0.129 e. The Balaban J connectivity index is 2.89. The van der Waals surface area contributed by atoms with Gasteiger partial charge in [-0.3, -0.25) is 0 Å². The van der Waals surface area contributed by atoms with Crippen LogP contribution in [-0.4, -0.2) is 33.0 Å². The second-order valence-corrected chi connectivity index (χ2v) is 4.07. The van der Waals surface area contributed by atoms with Crippen LogP contribution in [0.1, 0.15) is 18.1 Å². The lowest BCUT2D eigenvalue weighted by molar-refractivity contribution is 0.00443. The van der Waals surface area contributed by atoms with E-state index in [-0.39, 0.29) is 18.8 Å². The molecule has 0 saturated carbocycles. The van der Waals surface area contributed by atoms with Crippen molar-refractivity contribution in [3.8, 4) is 0 Å². The Labute approximate surface area is 95.7 Å². The molecule has 1 aromatic heterocycles. The number of hydrogen-bond donors (Lipinski definition) is 4. The van der Waals surface area contributed by atoms with Crippen LogP contribution in [0.2, 0.25) is 0 Å². The van der Waals surface area contributed by atoms with Gasteiger partial charge in [-0.05, 0) is 28.4 Å². The quantitative estimate of drug-likeness (QED) is 0.630. The van der Waals surface area contributed by atoms with Crippen LogP contribution in [0.4, 0.5) is 5.82 Å². The van der Waals surface area contributed by atoms with E-state index >= 15 is 0 Å². The third-order valence-electron chi connectivity index (χ3n) is 2.02. The lowest BCUT2D eigenvalue weighted by Crippen LogP contribution is -2.20. The molecule has 1 aromatic rings. The van der Waals surface area contributed by atoms with Crippen LogP contribution in [-0.2, 0) is 0 Å². The molecule has 2 atom stereocenters. The summed E-state index contributed by atoms with van der Waals surface area (Å²) in [5.74, 6) is 0.169. The van der Waals surface area contributed by atoms with Crippen LogP contribution in [0.25, 0.3) is 0 Å². The topological polar surface area (TPSA) is 99.6 Å². The fourth-order valence-corrected chi connectivity index (χ4v) is 1.55. The third-order valence-corrected chi connectivity index (χ3v) is 2.46. The van der Waals surface area contributed by atoms with E-state index in [0.29, 0.717) is 10.0 Å². The van der Waals surface area contributed by atoms with Crippen LogP contribution in [0.15, 0.2) is 16.7 Å². The van der Waals surface area contributed by atoms with Gasteiger partial charge >= 0.3 is 0 Å². The van der Waals surface area contributed by atoms with Crippen molar-refractivity contribution in [3.63, 3.8) is 0 Å². The molecule has 5 N–H and O–H groups in total. The summed E-state index contributed by atoms with van der Waals surface area (Å²) in [4.78, 5) is 3.84. The van der Waals surface area contributed by atoms with Gasteiger partial charge in [0.05, 0.1) is 6.10 Å². The van der Waals surface area contributed by atoms with Crippen molar-refractivity contribution in [2.45, 2.75) is 18.6 Å². The highest BCUT2D eigenvalue weighted by atomic mass is 79.9. The second kappa shape index (κ2) is 5.41. The number of rotatable bonds is 4. The molecule has 6 heteroatoms. The van der Waals surface area contributed by atoms with E-state index in [1.807, 2.05) is 0 Å². The monoisotopic (exact) mass is 276 g/mol. The number of nitrogens with zero attached hydrogens (tertiary/aromatic N) is 1. The molecule has 1 heterocycles. The largest absolute Gasteiger partial charge is 0.396 e. The van der Waals surface area contributed by atoms with Crippen LogP contribution in [0, 0.1) is 0 Å². The van der Waals surface area contributed by atoms with E-state index in [1.165, 1.54) is 6.20 Å². The zero-order valence-corrected chi connectivity index (χ0v) is 9.55. The molecule has 0 bridgehead atoms. The molecule has 5 nitrogen and oxygen atoms in total. The number of anilines is 1. The van der Waals surface area contributed by atoms with Gasteiger partial charge in [0, 0.05) is 22.8 Å². The van der Waals surface area contributed by atoms with E-state index in [2.05, 4.69) is 20.9 Å². The fraction of sp³-hybridized carbons (Fsp3) is 0.444. The minimum absolute atomic E-state index is 0.0904. The summed E-state index contributed by atoms with van der Waals surface area (Å²) in [7, 11) is 0. The van der Waals surface area contributed by atoms with Crippen LogP contribution < -0.4 is 5.73 Å². The Bertz CT molecular complexity index is 335. The van der Waals surface area contributed by atoms with Gasteiger partial charge in [-0.25, -0.2) is 4.98 Å². The van der Waals surface area contributed by atoms with E-state index in [9.17, 15) is 10.2 Å². The minimum atomic E-state index is -1.14. The minimum Gasteiger partial charge on any atom is -0.396 e. The van der Waals surface area contributed by atoms with E-state index < -0.39 is 12.2 Å². The highest BCUT2D eigenvalue weighted by Gasteiger charge is 2.20. The molecule has 0 radical (unpaired) electrons. The van der Waals surface area contributed by atoms with Crippen LogP contribution in [0.5, 0.6) is 0 Å². The molecule has 0 aliphatic carbocycles. The molecule has 0 aliphatic heterocycles. The molecule has 84 valence electrons. The van der Waals surface area contributed by atoms with Crippen molar-refractivity contribution in [2.75, 3.05) is 12.3 Å². The summed E-state index contributed by atoms with van der Waals surface area (Å²) in [6.07, 6.45) is -0.590. The summed E-state index contributed by atoms with van der Waals surface area (Å²) < 4.78 is 0.668. The lowest BCUT2D eigenvalue weighted by Gasteiger charge is -2.18. The van der Waals surface area contributed by atoms with Gasteiger partial charge < -0.3 is 21.1 Å². The molecule has 0 amide bonds. The number of aliphatic hydroxyl groups is 3. The molecule has 0 spiro atoms. The third kappa shape index (κ3) is 3.13. The van der Waals surface area contributed by atoms with Gasteiger partial charge in [0.2, 0.25) is 0 Å². The Morgan fingerprint density at radius 1 is 1.47 bits per heavy atom. The molecule has 15 heavy (non-hydrogen) atoms. The van der Waals surface area contributed by atoms with E-state index in [0.717, 1.165) is 0 Å². The molecule has 0 aliphatic rings. The van der Waals surface area contributed by atoms with Crippen molar-refractivity contribution >= 4 is 21.7 Å². The Morgan fingerprint density at radius 3 is 2.73 bits per heavy atom. The Morgan fingerprint density at radius 2 is 2.13 bits per heavy atom. The number of nitrogen functional groups attached to an aromatic ring is 1. The molecule has 0 saturated heterocycles. The summed E-state index contributed by atoms with van der Waals surface area (Å²) in [5, 5.41) is 27.8. The zero-order valence-electron chi connectivity index (χ0n) is 7.97. The number of nitrogens with two attached hydrogens (primary N) is 1. The average molecular weight is 277 g/mol. The standard InChI is InChI=1S/C9H13BrN2O3/c10-5-3-6(9(11)12-4-5)8(15)7(14)1-2-13/h3-4,7-8,13-15H,1-2H2,(H2,11,12). The molecule has 2 unspecified atom stereocenters. The number of pyridine rings is 1. The predicted molar refractivity (Wildman–Crippen MR) is 59.0 cm³/mol. The number of hydrogen-bond acceptors (Lipinski definition) is 5. The lowest BCUT2D eigenvalue weighted by atomic mass is 10.0. The number of aromatic nitrogens is 1. The molecule has 0 fully saturated rings. The van der Waals surface area contributed by atoms with Crippen molar-refractivity contribution in [2.24, 2.45) is 0 Å². The number of halogens is 1. The summed E-state index contributed by atoms with van der Waals surface area (Å²) >= 11 is 3.19. The second-order valence-electron chi connectivity index (χ2n) is 3.15. The first-order chi connectivity index (χ1) is 7.06. The maximum Gasteiger partial charge on any atom is 0.129 e. The molecular formula is C9H13BrN2O3. The predicted octanol–water partition coefficient (Wildman–Crippen LogP) is 0.203. The van der Waals surface area contributed by atoms with Gasteiger partial charge in [0.15, 0.2) is 0 Å². The maximum absolute atomic E-state index is 9.72. The first-order valence-electron chi connectivity index (χ1n) is 4.44. The van der Waals surface area contributed by atoms with Gasteiger partial charge in [-0.15, -0.1) is 0 Å². The maximum atomic E-state index is 9.72. The summed E-state index contributed by atoms with van der Waals surface area (Å²) in [5.41, 5.74) is 5.91. The van der Waals surface area contributed by atoms with Gasteiger partial charge in [-0.2, -0.15) is 0 Å². The molecule has 1 rings (SSSR count). The van der Waals surface area contributed by atoms with Gasteiger partial charge in [-0.1, -0.05) is 0 Å². The summed E-state index contributed by atoms with van der Waals surface area (Å²) in [6, 6.07) is 1.59. The average Bonchev–Trinajstić information content (AvgIpc) is 2.21. The van der Waals surface area contributed by atoms with Crippen LogP contribution in [0.3, 0.4) is 0 Å².